The Labute approximate surface area is 136 Å². The Bertz CT molecular complexity index is 458. The quantitative estimate of drug-likeness (QED) is 0.705. The Kier molecular flexibility index (Phi) is 5.26. The number of hydrogen-bond donors (Lipinski definition) is 1. The predicted octanol–water partition coefficient (Wildman–Crippen LogP) is 4.79. The lowest BCUT2D eigenvalue weighted by Gasteiger charge is -2.24. The second-order valence-corrected chi connectivity index (χ2v) is 8.00. The highest BCUT2D eigenvalue weighted by atomic mass is 127. The molecule has 1 aliphatic carbocycles. The monoisotopic (exact) mass is 387 g/mol. The standard InChI is InChI=1S/C16H26IN3/c1-16(2,3)13-12(17)14(18)20-15(19-13)11-9-7-5-4-6-8-10-11/h11H,4-10H2,1-3H3,(H2,18,19,20). The molecule has 1 aromatic rings. The van der Waals surface area contributed by atoms with E-state index in [1.54, 1.807) is 0 Å². The van der Waals surface area contributed by atoms with Crippen LogP contribution in [0, 0.1) is 3.57 Å². The summed E-state index contributed by atoms with van der Waals surface area (Å²) >= 11 is 2.28. The van der Waals surface area contributed by atoms with Crippen molar-refractivity contribution in [3.63, 3.8) is 0 Å². The molecule has 0 saturated heterocycles. The summed E-state index contributed by atoms with van der Waals surface area (Å²) in [4.78, 5) is 9.50. The Hall–Kier alpha value is -0.390. The Morgan fingerprint density at radius 3 is 2.10 bits per heavy atom. The molecule has 112 valence electrons. The number of hydrogen-bond acceptors (Lipinski definition) is 3. The van der Waals surface area contributed by atoms with Gasteiger partial charge in [0.15, 0.2) is 0 Å². The van der Waals surface area contributed by atoms with Crippen molar-refractivity contribution < 1.29 is 0 Å². The van der Waals surface area contributed by atoms with Crippen LogP contribution in [0.3, 0.4) is 0 Å². The molecule has 20 heavy (non-hydrogen) atoms. The predicted molar refractivity (Wildman–Crippen MR) is 92.9 cm³/mol. The van der Waals surface area contributed by atoms with Gasteiger partial charge in [0.05, 0.1) is 9.26 Å². The molecule has 0 unspecified atom stereocenters. The Balaban J connectivity index is 2.33. The molecule has 0 aliphatic heterocycles. The zero-order valence-electron chi connectivity index (χ0n) is 12.9. The highest BCUT2D eigenvalue weighted by Crippen LogP contribution is 2.33. The van der Waals surface area contributed by atoms with E-state index in [0.717, 1.165) is 15.1 Å². The number of halogens is 1. The van der Waals surface area contributed by atoms with Crippen molar-refractivity contribution in [2.75, 3.05) is 5.73 Å². The van der Waals surface area contributed by atoms with Crippen molar-refractivity contribution in [2.45, 2.75) is 77.0 Å². The third-order valence-electron chi connectivity index (χ3n) is 4.07. The summed E-state index contributed by atoms with van der Waals surface area (Å²) in [7, 11) is 0. The van der Waals surface area contributed by atoms with Gasteiger partial charge in [0.25, 0.3) is 0 Å². The molecule has 2 N–H and O–H groups in total. The smallest absolute Gasteiger partial charge is 0.140 e. The van der Waals surface area contributed by atoms with Crippen LogP contribution in [0.4, 0.5) is 5.82 Å². The summed E-state index contributed by atoms with van der Waals surface area (Å²) in [5, 5.41) is 0. The maximum absolute atomic E-state index is 6.14. The number of aromatic nitrogens is 2. The summed E-state index contributed by atoms with van der Waals surface area (Å²) in [5.74, 6) is 2.13. The van der Waals surface area contributed by atoms with Crippen molar-refractivity contribution in [2.24, 2.45) is 0 Å². The van der Waals surface area contributed by atoms with Crippen molar-refractivity contribution in [1.82, 2.24) is 9.97 Å². The van der Waals surface area contributed by atoms with Gasteiger partial charge in [0, 0.05) is 11.3 Å². The third kappa shape index (κ3) is 3.83. The molecular formula is C16H26IN3. The number of nitrogens with zero attached hydrogens (tertiary/aromatic N) is 2. The minimum atomic E-state index is 0.0178. The van der Waals surface area contributed by atoms with Crippen LogP contribution in [0.2, 0.25) is 0 Å². The highest BCUT2D eigenvalue weighted by molar-refractivity contribution is 14.1. The second kappa shape index (κ2) is 6.58. The maximum atomic E-state index is 6.14. The lowest BCUT2D eigenvalue weighted by atomic mass is 9.89. The molecule has 3 nitrogen and oxygen atoms in total. The first-order chi connectivity index (χ1) is 9.39. The lowest BCUT2D eigenvalue weighted by Crippen LogP contribution is -2.20. The molecule has 1 heterocycles. The Morgan fingerprint density at radius 1 is 1.00 bits per heavy atom. The molecule has 1 saturated carbocycles. The summed E-state index contributed by atoms with van der Waals surface area (Å²) in [6, 6.07) is 0. The minimum Gasteiger partial charge on any atom is -0.383 e. The molecule has 0 bridgehead atoms. The van der Waals surface area contributed by atoms with Crippen LogP contribution in [0.25, 0.3) is 0 Å². The van der Waals surface area contributed by atoms with Crippen LogP contribution < -0.4 is 5.73 Å². The molecule has 0 amide bonds. The number of nitrogen functional groups attached to an aromatic ring is 1. The summed E-state index contributed by atoms with van der Waals surface area (Å²) in [6.07, 6.45) is 9.10. The molecule has 0 aromatic carbocycles. The lowest BCUT2D eigenvalue weighted by molar-refractivity contribution is 0.438. The van der Waals surface area contributed by atoms with Gasteiger partial charge < -0.3 is 5.73 Å². The molecule has 0 spiro atoms. The van der Waals surface area contributed by atoms with E-state index in [2.05, 4.69) is 48.3 Å². The number of rotatable bonds is 1. The van der Waals surface area contributed by atoms with Gasteiger partial charge >= 0.3 is 0 Å². The van der Waals surface area contributed by atoms with E-state index in [9.17, 15) is 0 Å². The van der Waals surface area contributed by atoms with Gasteiger partial charge in [0.1, 0.15) is 11.6 Å². The molecular weight excluding hydrogens is 361 g/mol. The van der Waals surface area contributed by atoms with Crippen LogP contribution >= 0.6 is 22.6 Å². The van der Waals surface area contributed by atoms with Gasteiger partial charge in [-0.15, -0.1) is 0 Å². The largest absolute Gasteiger partial charge is 0.383 e. The first kappa shape index (κ1) is 16.0. The van der Waals surface area contributed by atoms with Gasteiger partial charge in [-0.2, -0.15) is 0 Å². The minimum absolute atomic E-state index is 0.0178. The van der Waals surface area contributed by atoms with Gasteiger partial charge in [-0.3, -0.25) is 0 Å². The fraction of sp³-hybridized carbons (Fsp3) is 0.750. The van der Waals surface area contributed by atoms with Gasteiger partial charge in [-0.1, -0.05) is 52.9 Å². The van der Waals surface area contributed by atoms with Crippen LogP contribution in [-0.4, -0.2) is 9.97 Å². The zero-order chi connectivity index (χ0) is 14.8. The van der Waals surface area contributed by atoms with Crippen molar-refractivity contribution in [3.8, 4) is 0 Å². The van der Waals surface area contributed by atoms with Crippen molar-refractivity contribution >= 4 is 28.4 Å². The SMILES string of the molecule is CC(C)(C)c1nc(C2CCCCCCC2)nc(N)c1I. The van der Waals surface area contributed by atoms with Gasteiger partial charge in [-0.25, -0.2) is 9.97 Å². The van der Waals surface area contributed by atoms with E-state index >= 15 is 0 Å². The third-order valence-corrected chi connectivity index (χ3v) is 5.14. The van der Waals surface area contributed by atoms with Crippen LogP contribution in [0.5, 0.6) is 0 Å². The van der Waals surface area contributed by atoms with E-state index in [1.807, 2.05) is 0 Å². The molecule has 1 aliphatic rings. The molecule has 0 radical (unpaired) electrons. The molecule has 2 rings (SSSR count). The summed E-state index contributed by atoms with van der Waals surface area (Å²) in [5.41, 5.74) is 7.25. The molecule has 1 aromatic heterocycles. The summed E-state index contributed by atoms with van der Waals surface area (Å²) in [6.45, 7) is 6.58. The Morgan fingerprint density at radius 2 is 1.55 bits per heavy atom. The zero-order valence-corrected chi connectivity index (χ0v) is 15.0. The number of nitrogens with two attached hydrogens (primary N) is 1. The molecule has 1 fully saturated rings. The summed E-state index contributed by atoms with van der Waals surface area (Å²) < 4.78 is 1.02. The van der Waals surface area contributed by atoms with E-state index < -0.39 is 0 Å². The average molecular weight is 387 g/mol. The van der Waals surface area contributed by atoms with E-state index in [-0.39, 0.29) is 5.41 Å². The first-order valence-corrected chi connectivity index (χ1v) is 8.81. The van der Waals surface area contributed by atoms with E-state index in [4.69, 9.17) is 10.7 Å². The second-order valence-electron chi connectivity index (χ2n) is 6.92. The van der Waals surface area contributed by atoms with Gasteiger partial charge in [0.2, 0.25) is 0 Å². The fourth-order valence-electron chi connectivity index (χ4n) is 2.88. The van der Waals surface area contributed by atoms with Crippen LogP contribution in [0.15, 0.2) is 0 Å². The maximum Gasteiger partial charge on any atom is 0.140 e. The van der Waals surface area contributed by atoms with Crippen LogP contribution in [0.1, 0.15) is 83.2 Å². The topological polar surface area (TPSA) is 51.8 Å². The number of anilines is 1. The van der Waals surface area contributed by atoms with Crippen molar-refractivity contribution in [3.05, 3.63) is 15.1 Å². The van der Waals surface area contributed by atoms with E-state index in [1.165, 1.54) is 44.9 Å². The normalized spacial score (nSPS) is 18.6. The molecule has 4 heteroatoms. The highest BCUT2D eigenvalue weighted by Gasteiger charge is 2.25. The first-order valence-electron chi connectivity index (χ1n) is 7.73. The van der Waals surface area contributed by atoms with Crippen molar-refractivity contribution in [1.29, 1.82) is 0 Å². The average Bonchev–Trinajstić information content (AvgIpc) is 2.30. The van der Waals surface area contributed by atoms with Crippen LogP contribution in [-0.2, 0) is 5.41 Å². The van der Waals surface area contributed by atoms with E-state index in [0.29, 0.717) is 11.7 Å². The van der Waals surface area contributed by atoms with Gasteiger partial charge in [-0.05, 0) is 35.4 Å². The molecule has 0 atom stereocenters. The fourth-order valence-corrected chi connectivity index (χ4v) is 3.93.